The Bertz CT molecular complexity index is 895. The van der Waals surface area contributed by atoms with Gasteiger partial charge in [0, 0.05) is 0 Å². The van der Waals surface area contributed by atoms with Crippen LogP contribution in [0.1, 0.15) is 31.4 Å². The van der Waals surface area contributed by atoms with Gasteiger partial charge in [-0.25, -0.2) is 0 Å². The second kappa shape index (κ2) is 8.97. The standard InChI is InChI=1S/C22H23NO4S/c1-4-15(2)27-18-11-10-17(12-19(18)26-3)13-20-21(24)23(22(25)28-20)14-16-8-6-5-7-9-16/h5-13,15H,4,14H2,1-3H3/b20-13-. The number of carbonyl (C=O) groups is 2. The van der Waals surface area contributed by atoms with Gasteiger partial charge < -0.3 is 9.47 Å². The van der Waals surface area contributed by atoms with Crippen molar-refractivity contribution in [3.05, 3.63) is 64.6 Å². The van der Waals surface area contributed by atoms with Crippen LogP contribution < -0.4 is 9.47 Å². The van der Waals surface area contributed by atoms with Crippen molar-refractivity contribution in [1.29, 1.82) is 0 Å². The van der Waals surface area contributed by atoms with Gasteiger partial charge in [0.15, 0.2) is 11.5 Å². The molecule has 0 N–H and O–H groups in total. The van der Waals surface area contributed by atoms with E-state index in [2.05, 4.69) is 6.92 Å². The van der Waals surface area contributed by atoms with Crippen LogP contribution in [-0.2, 0) is 11.3 Å². The number of benzene rings is 2. The summed E-state index contributed by atoms with van der Waals surface area (Å²) in [6.45, 7) is 4.32. The summed E-state index contributed by atoms with van der Waals surface area (Å²) in [5.41, 5.74) is 1.69. The number of rotatable bonds is 7. The van der Waals surface area contributed by atoms with E-state index in [1.165, 1.54) is 4.90 Å². The van der Waals surface area contributed by atoms with Crippen molar-refractivity contribution in [3.63, 3.8) is 0 Å². The maximum absolute atomic E-state index is 12.7. The van der Waals surface area contributed by atoms with Crippen molar-refractivity contribution in [2.24, 2.45) is 0 Å². The second-order valence-corrected chi connectivity index (χ2v) is 7.49. The Hall–Kier alpha value is -2.73. The lowest BCUT2D eigenvalue weighted by Gasteiger charge is -2.15. The second-order valence-electron chi connectivity index (χ2n) is 6.50. The van der Waals surface area contributed by atoms with Gasteiger partial charge >= 0.3 is 0 Å². The predicted molar refractivity (Wildman–Crippen MR) is 111 cm³/mol. The van der Waals surface area contributed by atoms with Crippen LogP contribution in [0.4, 0.5) is 4.79 Å². The molecule has 0 aromatic heterocycles. The molecule has 1 heterocycles. The van der Waals surface area contributed by atoms with Crippen LogP contribution in [0, 0.1) is 0 Å². The molecule has 28 heavy (non-hydrogen) atoms. The lowest BCUT2D eigenvalue weighted by atomic mass is 10.1. The quantitative estimate of drug-likeness (QED) is 0.608. The number of hydrogen-bond acceptors (Lipinski definition) is 5. The molecule has 1 unspecified atom stereocenters. The number of carbonyl (C=O) groups excluding carboxylic acids is 2. The van der Waals surface area contributed by atoms with Gasteiger partial charge in [-0.2, -0.15) is 0 Å². The van der Waals surface area contributed by atoms with E-state index in [0.29, 0.717) is 16.4 Å². The Labute approximate surface area is 169 Å². The highest BCUT2D eigenvalue weighted by Gasteiger charge is 2.34. The molecule has 3 rings (SSSR count). The molecule has 2 aromatic carbocycles. The van der Waals surface area contributed by atoms with Gasteiger partial charge in [0.2, 0.25) is 0 Å². The van der Waals surface area contributed by atoms with E-state index in [9.17, 15) is 9.59 Å². The fourth-order valence-corrected chi connectivity index (χ4v) is 3.56. The average Bonchev–Trinajstić information content (AvgIpc) is 2.97. The first-order valence-corrected chi connectivity index (χ1v) is 9.97. The minimum atomic E-state index is -0.280. The SMILES string of the molecule is CCC(C)Oc1ccc(/C=C2\SC(=O)N(Cc3ccccc3)C2=O)cc1OC. The average molecular weight is 397 g/mol. The smallest absolute Gasteiger partial charge is 0.293 e. The van der Waals surface area contributed by atoms with E-state index >= 15 is 0 Å². The summed E-state index contributed by atoms with van der Waals surface area (Å²) in [6, 6.07) is 15.0. The topological polar surface area (TPSA) is 55.8 Å². The van der Waals surface area contributed by atoms with E-state index in [1.807, 2.05) is 55.5 Å². The molecule has 0 radical (unpaired) electrons. The van der Waals surface area contributed by atoms with Gasteiger partial charge in [0.05, 0.1) is 24.7 Å². The summed E-state index contributed by atoms with van der Waals surface area (Å²) in [5.74, 6) is 0.974. The van der Waals surface area contributed by atoms with Crippen LogP contribution in [0.2, 0.25) is 0 Å². The van der Waals surface area contributed by atoms with Crippen LogP contribution in [-0.4, -0.2) is 29.3 Å². The first kappa shape index (κ1) is 20.0. The minimum Gasteiger partial charge on any atom is -0.493 e. The number of hydrogen-bond donors (Lipinski definition) is 0. The summed E-state index contributed by atoms with van der Waals surface area (Å²) < 4.78 is 11.3. The molecule has 0 aliphatic carbocycles. The van der Waals surface area contributed by atoms with Crippen molar-refractivity contribution < 1.29 is 19.1 Å². The minimum absolute atomic E-state index is 0.0780. The van der Waals surface area contributed by atoms with E-state index in [1.54, 1.807) is 13.2 Å². The number of imide groups is 1. The van der Waals surface area contributed by atoms with Crippen molar-refractivity contribution in [2.45, 2.75) is 32.9 Å². The molecule has 0 saturated carbocycles. The summed E-state index contributed by atoms with van der Waals surface area (Å²) in [7, 11) is 1.58. The Kier molecular flexibility index (Phi) is 6.41. The summed E-state index contributed by atoms with van der Waals surface area (Å²) >= 11 is 0.954. The third-order valence-corrected chi connectivity index (χ3v) is 5.35. The van der Waals surface area contributed by atoms with Gasteiger partial charge in [-0.15, -0.1) is 0 Å². The summed E-state index contributed by atoms with van der Waals surface area (Å²) in [5, 5.41) is -0.260. The van der Waals surface area contributed by atoms with Crippen LogP contribution >= 0.6 is 11.8 Å². The van der Waals surface area contributed by atoms with Gasteiger partial charge in [-0.1, -0.05) is 43.3 Å². The lowest BCUT2D eigenvalue weighted by Crippen LogP contribution is -2.27. The highest BCUT2D eigenvalue weighted by atomic mass is 32.2. The Morgan fingerprint density at radius 1 is 1.11 bits per heavy atom. The molecule has 1 atom stereocenters. The highest BCUT2D eigenvalue weighted by molar-refractivity contribution is 8.18. The molecular weight excluding hydrogens is 374 g/mol. The van der Waals surface area contributed by atoms with Crippen molar-refractivity contribution in [1.82, 2.24) is 4.90 Å². The third kappa shape index (κ3) is 4.57. The molecule has 1 aliphatic rings. The monoisotopic (exact) mass is 397 g/mol. The zero-order valence-corrected chi connectivity index (χ0v) is 17.0. The van der Waals surface area contributed by atoms with Gasteiger partial charge in [0.25, 0.3) is 11.1 Å². The first-order chi connectivity index (χ1) is 13.5. The molecular formula is C22H23NO4S. The van der Waals surface area contributed by atoms with Crippen LogP contribution in [0.15, 0.2) is 53.4 Å². The molecule has 146 valence electrons. The molecule has 2 amide bonds. The van der Waals surface area contributed by atoms with E-state index in [4.69, 9.17) is 9.47 Å². The number of amides is 2. The number of nitrogens with zero attached hydrogens (tertiary/aromatic N) is 1. The zero-order chi connectivity index (χ0) is 20.1. The number of thioether (sulfide) groups is 1. The summed E-state index contributed by atoms with van der Waals surface area (Å²) in [6.07, 6.45) is 2.68. The molecule has 0 bridgehead atoms. The van der Waals surface area contributed by atoms with E-state index in [0.717, 1.165) is 29.3 Å². The van der Waals surface area contributed by atoms with Crippen molar-refractivity contribution >= 4 is 29.0 Å². The zero-order valence-electron chi connectivity index (χ0n) is 16.2. The fraction of sp³-hybridized carbons (Fsp3) is 0.273. The third-order valence-electron chi connectivity index (χ3n) is 4.45. The van der Waals surface area contributed by atoms with E-state index < -0.39 is 0 Å². The molecule has 1 fully saturated rings. The van der Waals surface area contributed by atoms with Gasteiger partial charge in [-0.05, 0) is 54.4 Å². The fourth-order valence-electron chi connectivity index (χ4n) is 2.73. The van der Waals surface area contributed by atoms with Crippen LogP contribution in [0.3, 0.4) is 0 Å². The molecule has 1 saturated heterocycles. The Balaban J connectivity index is 1.79. The molecule has 6 heteroatoms. The lowest BCUT2D eigenvalue weighted by molar-refractivity contribution is -0.123. The highest BCUT2D eigenvalue weighted by Crippen LogP contribution is 2.35. The van der Waals surface area contributed by atoms with Crippen molar-refractivity contribution in [2.75, 3.05) is 7.11 Å². The van der Waals surface area contributed by atoms with Gasteiger partial charge in [-0.3, -0.25) is 14.5 Å². The van der Waals surface area contributed by atoms with Gasteiger partial charge in [0.1, 0.15) is 0 Å². The largest absolute Gasteiger partial charge is 0.493 e. The van der Waals surface area contributed by atoms with Crippen LogP contribution in [0.5, 0.6) is 11.5 Å². The normalized spacial score (nSPS) is 16.5. The maximum atomic E-state index is 12.7. The number of methoxy groups -OCH3 is 1. The predicted octanol–water partition coefficient (Wildman–Crippen LogP) is 5.11. The number of ether oxygens (including phenoxy) is 2. The molecule has 5 nitrogen and oxygen atoms in total. The molecule has 2 aromatic rings. The molecule has 0 spiro atoms. The van der Waals surface area contributed by atoms with Crippen LogP contribution in [0.25, 0.3) is 6.08 Å². The van der Waals surface area contributed by atoms with Crippen molar-refractivity contribution in [3.8, 4) is 11.5 Å². The summed E-state index contributed by atoms with van der Waals surface area (Å²) in [4.78, 5) is 26.7. The molecule has 1 aliphatic heterocycles. The van der Waals surface area contributed by atoms with E-state index in [-0.39, 0.29) is 23.8 Å². The first-order valence-electron chi connectivity index (χ1n) is 9.15. The maximum Gasteiger partial charge on any atom is 0.293 e. The Morgan fingerprint density at radius 2 is 1.86 bits per heavy atom. The Morgan fingerprint density at radius 3 is 2.54 bits per heavy atom.